The van der Waals surface area contributed by atoms with E-state index < -0.39 is 4.92 Å². The molecule has 1 aliphatic rings. The van der Waals surface area contributed by atoms with Gasteiger partial charge in [0.2, 0.25) is 0 Å². The predicted octanol–water partition coefficient (Wildman–Crippen LogP) is 4.33. The molecular weight excluding hydrogens is 338 g/mol. The SMILES string of the molecule is COc1cc([N+](=O)[O-])ccc1OCC1(CBr)CCCCC1. The van der Waals surface area contributed by atoms with Gasteiger partial charge in [0, 0.05) is 16.8 Å². The van der Waals surface area contributed by atoms with Gasteiger partial charge in [0.1, 0.15) is 0 Å². The highest BCUT2D eigenvalue weighted by Crippen LogP contribution is 2.39. The minimum Gasteiger partial charge on any atom is -0.493 e. The Morgan fingerprint density at radius 1 is 1.29 bits per heavy atom. The van der Waals surface area contributed by atoms with Gasteiger partial charge in [-0.25, -0.2) is 0 Å². The lowest BCUT2D eigenvalue weighted by molar-refractivity contribution is -0.385. The molecule has 1 aromatic rings. The summed E-state index contributed by atoms with van der Waals surface area (Å²) in [5, 5.41) is 11.7. The second-order valence-corrected chi connectivity index (χ2v) is 6.14. The van der Waals surface area contributed by atoms with Crippen LogP contribution >= 0.6 is 15.9 Å². The summed E-state index contributed by atoms with van der Waals surface area (Å²) in [5.41, 5.74) is 0.164. The molecule has 6 heteroatoms. The Bertz CT molecular complexity index is 500. The molecule has 2 rings (SSSR count). The van der Waals surface area contributed by atoms with Gasteiger partial charge >= 0.3 is 0 Å². The van der Waals surface area contributed by atoms with E-state index in [0.29, 0.717) is 18.1 Å². The average Bonchev–Trinajstić information content (AvgIpc) is 2.53. The lowest BCUT2D eigenvalue weighted by Gasteiger charge is -2.35. The number of rotatable bonds is 6. The molecule has 0 amide bonds. The number of nitro groups is 1. The molecule has 1 fully saturated rings. The molecule has 0 aliphatic heterocycles. The molecule has 0 atom stereocenters. The van der Waals surface area contributed by atoms with E-state index in [2.05, 4.69) is 15.9 Å². The van der Waals surface area contributed by atoms with Crippen LogP contribution in [0, 0.1) is 15.5 Å². The molecule has 116 valence electrons. The van der Waals surface area contributed by atoms with Gasteiger partial charge in [-0.05, 0) is 18.9 Å². The van der Waals surface area contributed by atoms with Gasteiger partial charge in [0.05, 0.1) is 24.7 Å². The normalized spacial score (nSPS) is 17.2. The molecule has 0 radical (unpaired) electrons. The number of nitro benzene ring substituents is 1. The van der Waals surface area contributed by atoms with Crippen LogP contribution in [0.15, 0.2) is 18.2 Å². The second-order valence-electron chi connectivity index (χ2n) is 5.58. The molecule has 0 saturated heterocycles. The van der Waals surface area contributed by atoms with Crippen LogP contribution < -0.4 is 9.47 Å². The van der Waals surface area contributed by atoms with Gasteiger partial charge in [0.25, 0.3) is 5.69 Å². The summed E-state index contributed by atoms with van der Waals surface area (Å²) in [4.78, 5) is 10.3. The van der Waals surface area contributed by atoms with Crippen molar-refractivity contribution in [2.24, 2.45) is 5.41 Å². The third-order valence-corrected chi connectivity index (χ3v) is 5.28. The van der Waals surface area contributed by atoms with Crippen molar-refractivity contribution in [3.8, 4) is 11.5 Å². The first-order valence-corrected chi connectivity index (χ1v) is 8.23. The van der Waals surface area contributed by atoms with Crippen molar-refractivity contribution in [1.82, 2.24) is 0 Å². The number of alkyl halides is 1. The topological polar surface area (TPSA) is 61.6 Å². The first-order chi connectivity index (χ1) is 10.1. The molecule has 0 heterocycles. The van der Waals surface area contributed by atoms with Gasteiger partial charge in [-0.1, -0.05) is 35.2 Å². The highest BCUT2D eigenvalue weighted by Gasteiger charge is 2.32. The summed E-state index contributed by atoms with van der Waals surface area (Å²) in [5.74, 6) is 0.971. The van der Waals surface area contributed by atoms with Crippen molar-refractivity contribution in [1.29, 1.82) is 0 Å². The molecule has 0 bridgehead atoms. The summed E-state index contributed by atoms with van der Waals surface area (Å²) < 4.78 is 11.1. The van der Waals surface area contributed by atoms with Crippen LogP contribution in [0.25, 0.3) is 0 Å². The molecule has 5 nitrogen and oxygen atoms in total. The third kappa shape index (κ3) is 3.87. The number of ether oxygens (including phenoxy) is 2. The van der Waals surface area contributed by atoms with Crippen molar-refractivity contribution < 1.29 is 14.4 Å². The van der Waals surface area contributed by atoms with E-state index in [1.165, 1.54) is 38.5 Å². The molecule has 0 N–H and O–H groups in total. The summed E-state index contributed by atoms with van der Waals surface area (Å²) >= 11 is 3.61. The standard InChI is InChI=1S/C15H20BrNO4/c1-20-14-9-12(17(18)19)5-6-13(14)21-11-15(10-16)7-3-2-4-8-15/h5-6,9H,2-4,7-8,10-11H2,1H3. The summed E-state index contributed by atoms with van der Waals surface area (Å²) in [6.07, 6.45) is 6.04. The fourth-order valence-corrected chi connectivity index (χ4v) is 3.46. The quantitative estimate of drug-likeness (QED) is 0.431. The van der Waals surface area contributed by atoms with Crippen molar-refractivity contribution >= 4 is 21.6 Å². The molecule has 1 aliphatic carbocycles. The van der Waals surface area contributed by atoms with E-state index in [0.717, 1.165) is 18.2 Å². The van der Waals surface area contributed by atoms with E-state index in [9.17, 15) is 10.1 Å². The zero-order chi connectivity index (χ0) is 15.3. The van der Waals surface area contributed by atoms with E-state index >= 15 is 0 Å². The molecule has 0 spiro atoms. The van der Waals surface area contributed by atoms with Gasteiger partial charge in [-0.2, -0.15) is 0 Å². The Balaban J connectivity index is 2.10. The highest BCUT2D eigenvalue weighted by molar-refractivity contribution is 9.09. The maximum atomic E-state index is 10.8. The van der Waals surface area contributed by atoms with Crippen molar-refractivity contribution in [3.05, 3.63) is 28.3 Å². The Morgan fingerprint density at radius 3 is 2.57 bits per heavy atom. The monoisotopic (exact) mass is 357 g/mol. The smallest absolute Gasteiger partial charge is 0.273 e. The van der Waals surface area contributed by atoms with Gasteiger partial charge in [-0.15, -0.1) is 0 Å². The van der Waals surface area contributed by atoms with Crippen LogP contribution in [0.4, 0.5) is 5.69 Å². The molecule has 21 heavy (non-hydrogen) atoms. The van der Waals surface area contributed by atoms with Crippen LogP contribution in [0.3, 0.4) is 0 Å². The first kappa shape index (κ1) is 16.1. The third-order valence-electron chi connectivity index (χ3n) is 4.09. The Kier molecular flexibility index (Phi) is 5.45. The largest absolute Gasteiger partial charge is 0.493 e. The van der Waals surface area contributed by atoms with E-state index in [-0.39, 0.29) is 11.1 Å². The maximum absolute atomic E-state index is 10.8. The van der Waals surface area contributed by atoms with E-state index in [1.807, 2.05) is 0 Å². The molecule has 0 aromatic heterocycles. The van der Waals surface area contributed by atoms with Crippen LogP contribution in [0.1, 0.15) is 32.1 Å². The first-order valence-electron chi connectivity index (χ1n) is 7.11. The molecule has 0 unspecified atom stereocenters. The Labute approximate surface area is 132 Å². The zero-order valence-corrected chi connectivity index (χ0v) is 13.7. The number of hydrogen-bond donors (Lipinski definition) is 0. The second kappa shape index (κ2) is 7.11. The summed E-state index contributed by atoms with van der Waals surface area (Å²) in [7, 11) is 1.49. The molecule has 1 aromatic carbocycles. The van der Waals surface area contributed by atoms with Crippen molar-refractivity contribution in [2.45, 2.75) is 32.1 Å². The number of hydrogen-bond acceptors (Lipinski definition) is 4. The van der Waals surface area contributed by atoms with Crippen molar-refractivity contribution in [3.63, 3.8) is 0 Å². The number of benzene rings is 1. The van der Waals surface area contributed by atoms with Crippen LogP contribution in [-0.4, -0.2) is 24.0 Å². The maximum Gasteiger partial charge on any atom is 0.273 e. The summed E-state index contributed by atoms with van der Waals surface area (Å²) in [6, 6.07) is 4.46. The number of methoxy groups -OCH3 is 1. The number of nitrogens with zero attached hydrogens (tertiary/aromatic N) is 1. The number of non-ortho nitro benzene ring substituents is 1. The van der Waals surface area contributed by atoms with Gasteiger partial charge in [-0.3, -0.25) is 10.1 Å². The number of halogens is 1. The van der Waals surface area contributed by atoms with Crippen LogP contribution in [-0.2, 0) is 0 Å². The molecule has 1 saturated carbocycles. The molecular formula is C15H20BrNO4. The fraction of sp³-hybridized carbons (Fsp3) is 0.600. The van der Waals surface area contributed by atoms with Gasteiger partial charge in [0.15, 0.2) is 11.5 Å². The van der Waals surface area contributed by atoms with Crippen LogP contribution in [0.2, 0.25) is 0 Å². The lowest BCUT2D eigenvalue weighted by atomic mass is 9.76. The predicted molar refractivity (Wildman–Crippen MR) is 84.5 cm³/mol. The van der Waals surface area contributed by atoms with E-state index in [4.69, 9.17) is 9.47 Å². The lowest BCUT2D eigenvalue weighted by Crippen LogP contribution is -2.32. The Hall–Kier alpha value is -1.30. The average molecular weight is 358 g/mol. The minimum absolute atomic E-state index is 0.00655. The fourth-order valence-electron chi connectivity index (χ4n) is 2.74. The zero-order valence-electron chi connectivity index (χ0n) is 12.1. The highest BCUT2D eigenvalue weighted by atomic mass is 79.9. The Morgan fingerprint density at radius 2 is 2.00 bits per heavy atom. The van der Waals surface area contributed by atoms with Crippen LogP contribution in [0.5, 0.6) is 11.5 Å². The van der Waals surface area contributed by atoms with Crippen molar-refractivity contribution in [2.75, 3.05) is 19.0 Å². The van der Waals surface area contributed by atoms with Gasteiger partial charge < -0.3 is 9.47 Å². The minimum atomic E-state index is -0.437. The summed E-state index contributed by atoms with van der Waals surface area (Å²) in [6.45, 7) is 0.604. The van der Waals surface area contributed by atoms with E-state index in [1.54, 1.807) is 6.07 Å².